The number of nitrogen functional groups attached to an aromatic ring is 1. The van der Waals surface area contributed by atoms with E-state index in [1.54, 1.807) is 12.1 Å². The molecule has 0 saturated heterocycles. The van der Waals surface area contributed by atoms with Crippen molar-refractivity contribution >= 4 is 5.95 Å². The molecule has 0 spiro atoms. The average Bonchev–Trinajstić information content (AvgIpc) is 2.28. The van der Waals surface area contributed by atoms with Gasteiger partial charge in [0.2, 0.25) is 5.95 Å². The summed E-state index contributed by atoms with van der Waals surface area (Å²) in [4.78, 5) is 10.7. The minimum Gasteiger partial charge on any atom is -0.368 e. The molecular weight excluding hydrogens is 233 g/mol. The highest BCUT2D eigenvalue weighted by Gasteiger charge is 2.33. The summed E-state index contributed by atoms with van der Waals surface area (Å²) in [6, 6.07) is 4.03. The molecule has 0 unspecified atom stereocenters. The van der Waals surface area contributed by atoms with Crippen molar-refractivity contribution in [2.24, 2.45) is 0 Å². The van der Waals surface area contributed by atoms with Gasteiger partial charge in [-0.15, -0.1) is 0 Å². The topological polar surface area (TPSA) is 64.7 Å². The molecule has 4 nitrogen and oxygen atoms in total. The number of hydrogen-bond acceptors (Lipinski definition) is 4. The van der Waals surface area contributed by atoms with Crippen LogP contribution in [0, 0.1) is 0 Å². The number of hydrogen-bond donors (Lipinski definition) is 1. The molecule has 2 aromatic heterocycles. The van der Waals surface area contributed by atoms with Crippen LogP contribution in [0.4, 0.5) is 19.1 Å². The maximum absolute atomic E-state index is 12.5. The maximum atomic E-state index is 12.5. The van der Waals surface area contributed by atoms with Crippen molar-refractivity contribution in [2.75, 3.05) is 5.73 Å². The van der Waals surface area contributed by atoms with Gasteiger partial charge < -0.3 is 5.73 Å². The highest BCUT2D eigenvalue weighted by atomic mass is 19.4. The summed E-state index contributed by atoms with van der Waals surface area (Å²) in [6.07, 6.45) is -1.63. The second-order valence-corrected chi connectivity index (χ2v) is 3.24. The second-order valence-electron chi connectivity index (χ2n) is 3.24. The summed E-state index contributed by atoms with van der Waals surface area (Å²) in [5.41, 5.74) is 4.73. The van der Waals surface area contributed by atoms with Crippen molar-refractivity contribution in [3.63, 3.8) is 0 Å². The van der Waals surface area contributed by atoms with E-state index in [0.717, 1.165) is 6.07 Å². The zero-order chi connectivity index (χ0) is 12.5. The lowest BCUT2D eigenvalue weighted by atomic mass is 10.2. The van der Waals surface area contributed by atoms with Gasteiger partial charge in [0.05, 0.1) is 5.69 Å². The molecule has 0 aliphatic heterocycles. The molecule has 0 aromatic carbocycles. The van der Waals surface area contributed by atoms with Crippen LogP contribution in [-0.2, 0) is 6.18 Å². The molecule has 17 heavy (non-hydrogen) atoms. The molecule has 2 N–H and O–H groups in total. The van der Waals surface area contributed by atoms with Gasteiger partial charge in [0.15, 0.2) is 5.69 Å². The summed E-state index contributed by atoms with van der Waals surface area (Å²) >= 11 is 0. The van der Waals surface area contributed by atoms with Gasteiger partial charge in [-0.25, -0.2) is 9.97 Å². The highest BCUT2D eigenvalue weighted by molar-refractivity contribution is 5.59. The Hall–Kier alpha value is -2.18. The Morgan fingerprint density at radius 2 is 1.94 bits per heavy atom. The molecule has 0 saturated carbocycles. The smallest absolute Gasteiger partial charge is 0.368 e. The van der Waals surface area contributed by atoms with E-state index in [4.69, 9.17) is 5.73 Å². The molecule has 88 valence electrons. The standard InChI is InChI=1S/C10H7F3N4/c11-10(12,13)8-4-7(16-9(14)17-8)6-2-1-3-15-5-6/h1-5H,(H2,14,16,17). The first kappa shape index (κ1) is 11.3. The van der Waals surface area contributed by atoms with Crippen molar-refractivity contribution in [3.05, 3.63) is 36.3 Å². The minimum atomic E-state index is -4.55. The zero-order valence-corrected chi connectivity index (χ0v) is 8.44. The molecule has 7 heteroatoms. The van der Waals surface area contributed by atoms with Crippen LogP contribution in [0.25, 0.3) is 11.3 Å². The number of anilines is 1. The molecule has 0 amide bonds. The molecule has 0 fully saturated rings. The van der Waals surface area contributed by atoms with Gasteiger partial charge in [-0.1, -0.05) is 0 Å². The van der Waals surface area contributed by atoms with Gasteiger partial charge in [0.1, 0.15) is 0 Å². The first-order valence-electron chi connectivity index (χ1n) is 4.59. The van der Waals surface area contributed by atoms with E-state index in [9.17, 15) is 13.2 Å². The third-order valence-electron chi connectivity index (χ3n) is 1.99. The van der Waals surface area contributed by atoms with E-state index in [0.29, 0.717) is 5.56 Å². The van der Waals surface area contributed by atoms with E-state index >= 15 is 0 Å². The van der Waals surface area contributed by atoms with Crippen LogP contribution in [0.5, 0.6) is 0 Å². The summed E-state index contributed by atoms with van der Waals surface area (Å²) < 4.78 is 37.5. The van der Waals surface area contributed by atoms with Crippen LogP contribution < -0.4 is 5.73 Å². The Morgan fingerprint density at radius 3 is 2.53 bits per heavy atom. The van der Waals surface area contributed by atoms with Gasteiger partial charge >= 0.3 is 6.18 Å². The monoisotopic (exact) mass is 240 g/mol. The Kier molecular flexibility index (Phi) is 2.66. The first-order chi connectivity index (χ1) is 7.97. The number of pyridine rings is 1. The molecule has 2 heterocycles. The van der Waals surface area contributed by atoms with E-state index in [1.807, 2.05) is 0 Å². The van der Waals surface area contributed by atoms with Crippen molar-refractivity contribution in [1.82, 2.24) is 15.0 Å². The molecule has 0 bridgehead atoms. The fraction of sp³-hybridized carbons (Fsp3) is 0.100. The van der Waals surface area contributed by atoms with Crippen LogP contribution in [0.2, 0.25) is 0 Å². The Labute approximate surface area is 94.3 Å². The van der Waals surface area contributed by atoms with Crippen LogP contribution in [0.3, 0.4) is 0 Å². The van der Waals surface area contributed by atoms with Crippen molar-refractivity contribution in [2.45, 2.75) is 6.18 Å². The Bertz CT molecular complexity index is 525. The highest BCUT2D eigenvalue weighted by Crippen LogP contribution is 2.30. The van der Waals surface area contributed by atoms with Gasteiger partial charge in [-0.2, -0.15) is 13.2 Å². The largest absolute Gasteiger partial charge is 0.433 e. The Balaban J connectivity index is 2.54. The van der Waals surface area contributed by atoms with Gasteiger partial charge in [0, 0.05) is 18.0 Å². The number of halogens is 3. The number of nitrogens with zero attached hydrogens (tertiary/aromatic N) is 3. The lowest BCUT2D eigenvalue weighted by molar-refractivity contribution is -0.141. The average molecular weight is 240 g/mol. The van der Waals surface area contributed by atoms with Gasteiger partial charge in [-0.3, -0.25) is 4.98 Å². The molecule has 0 aliphatic carbocycles. The molecule has 0 radical (unpaired) electrons. The SMILES string of the molecule is Nc1nc(-c2cccnc2)cc(C(F)(F)F)n1. The van der Waals surface area contributed by atoms with E-state index in [2.05, 4.69) is 15.0 Å². The van der Waals surface area contributed by atoms with E-state index < -0.39 is 17.8 Å². The van der Waals surface area contributed by atoms with Crippen LogP contribution in [0.15, 0.2) is 30.6 Å². The van der Waals surface area contributed by atoms with Crippen LogP contribution in [-0.4, -0.2) is 15.0 Å². The maximum Gasteiger partial charge on any atom is 0.433 e. The minimum absolute atomic E-state index is 0.0953. The molecule has 2 aromatic rings. The molecular formula is C10H7F3N4. The quantitative estimate of drug-likeness (QED) is 0.829. The number of rotatable bonds is 1. The third-order valence-corrected chi connectivity index (χ3v) is 1.99. The Morgan fingerprint density at radius 1 is 1.18 bits per heavy atom. The molecule has 0 atom stereocenters. The summed E-state index contributed by atoms with van der Waals surface area (Å²) in [7, 11) is 0. The lowest BCUT2D eigenvalue weighted by Crippen LogP contribution is -2.11. The zero-order valence-electron chi connectivity index (χ0n) is 8.44. The fourth-order valence-electron chi connectivity index (χ4n) is 1.27. The first-order valence-corrected chi connectivity index (χ1v) is 4.59. The van der Waals surface area contributed by atoms with Crippen LogP contribution in [0.1, 0.15) is 5.69 Å². The van der Waals surface area contributed by atoms with Gasteiger partial charge in [-0.05, 0) is 18.2 Å². The number of nitrogens with two attached hydrogens (primary N) is 1. The fourth-order valence-corrected chi connectivity index (χ4v) is 1.27. The molecule has 0 aliphatic rings. The molecule has 2 rings (SSSR count). The van der Waals surface area contributed by atoms with Crippen molar-refractivity contribution < 1.29 is 13.2 Å². The van der Waals surface area contributed by atoms with Crippen LogP contribution >= 0.6 is 0 Å². The second kappa shape index (κ2) is 4.00. The summed E-state index contributed by atoms with van der Waals surface area (Å²) in [6.45, 7) is 0. The number of aromatic nitrogens is 3. The third kappa shape index (κ3) is 2.49. The van der Waals surface area contributed by atoms with E-state index in [-0.39, 0.29) is 5.69 Å². The van der Waals surface area contributed by atoms with Gasteiger partial charge in [0.25, 0.3) is 0 Å². The van der Waals surface area contributed by atoms with Crippen molar-refractivity contribution in [3.8, 4) is 11.3 Å². The summed E-state index contributed by atoms with van der Waals surface area (Å²) in [5.74, 6) is -0.418. The predicted octanol–water partition coefficient (Wildman–Crippen LogP) is 2.14. The normalized spacial score (nSPS) is 11.5. The predicted molar refractivity (Wildman–Crippen MR) is 54.7 cm³/mol. The van der Waals surface area contributed by atoms with Crippen molar-refractivity contribution in [1.29, 1.82) is 0 Å². The number of alkyl halides is 3. The lowest BCUT2D eigenvalue weighted by Gasteiger charge is -2.08. The summed E-state index contributed by atoms with van der Waals surface area (Å²) in [5, 5.41) is 0. The van der Waals surface area contributed by atoms with E-state index in [1.165, 1.54) is 12.4 Å².